The van der Waals surface area contributed by atoms with Crippen molar-refractivity contribution in [3.63, 3.8) is 0 Å². The molecule has 7 rings (SSSR count). The maximum Gasteiger partial charge on any atom is 0.137 e. The zero-order valence-corrected chi connectivity index (χ0v) is 21.6. The number of hydrogen-bond acceptors (Lipinski definition) is 2. The van der Waals surface area contributed by atoms with Crippen LogP contribution < -0.4 is 5.32 Å². The van der Waals surface area contributed by atoms with Crippen LogP contribution in [0.4, 0.5) is 11.4 Å². The third kappa shape index (κ3) is 4.38. The fourth-order valence-electron chi connectivity index (χ4n) is 5.52. The van der Waals surface area contributed by atoms with Crippen molar-refractivity contribution >= 4 is 38.8 Å². The van der Waals surface area contributed by atoms with Gasteiger partial charge in [-0.05, 0) is 83.6 Å². The Morgan fingerprint density at radius 3 is 2.26 bits per heavy atom. The van der Waals surface area contributed by atoms with E-state index in [2.05, 4.69) is 120 Å². The first-order valence-corrected chi connectivity index (χ1v) is 13.3. The molecule has 0 spiro atoms. The van der Waals surface area contributed by atoms with E-state index >= 15 is 0 Å². The lowest BCUT2D eigenvalue weighted by Gasteiger charge is -2.22. The van der Waals surface area contributed by atoms with Gasteiger partial charge in [0, 0.05) is 44.3 Å². The second-order valence-corrected chi connectivity index (χ2v) is 10.0. The normalized spacial score (nSPS) is 16.7. The number of H-pyrrole nitrogens is 1. The fourth-order valence-corrected chi connectivity index (χ4v) is 5.52. The Morgan fingerprint density at radius 1 is 0.718 bits per heavy atom. The molecule has 0 unspecified atom stereocenters. The van der Waals surface area contributed by atoms with Gasteiger partial charge in [-0.25, -0.2) is 0 Å². The van der Waals surface area contributed by atoms with Crippen molar-refractivity contribution in [2.45, 2.75) is 12.8 Å². The molecule has 3 heteroatoms. The average molecular weight is 505 g/mol. The molecule has 39 heavy (non-hydrogen) atoms. The number of nitrogens with one attached hydrogen (secondary N) is 2. The van der Waals surface area contributed by atoms with Gasteiger partial charge in [0.2, 0.25) is 0 Å². The van der Waals surface area contributed by atoms with Crippen LogP contribution in [0.1, 0.15) is 18.4 Å². The summed E-state index contributed by atoms with van der Waals surface area (Å²) in [5, 5.41) is 6.05. The Bertz CT molecular complexity index is 1840. The SMILES string of the molecule is C=C1/C=C\C=C/OC2=C1CCC=C2c1ccc(Nc2ccc(-c3ccc4[nH]c5ccccc5c4c3)cc2)cc1. The van der Waals surface area contributed by atoms with E-state index in [0.29, 0.717) is 0 Å². The Labute approximate surface area is 228 Å². The fraction of sp³-hybridized carbons (Fsp3) is 0.0556. The van der Waals surface area contributed by atoms with Crippen LogP contribution in [0.3, 0.4) is 0 Å². The van der Waals surface area contributed by atoms with Crippen molar-refractivity contribution in [2.24, 2.45) is 0 Å². The van der Waals surface area contributed by atoms with Crippen molar-refractivity contribution in [3.8, 4) is 11.1 Å². The number of hydrogen-bond donors (Lipinski definition) is 2. The number of fused-ring (bicyclic) bond motifs is 3. The molecule has 0 radical (unpaired) electrons. The smallest absolute Gasteiger partial charge is 0.137 e. The van der Waals surface area contributed by atoms with E-state index in [4.69, 9.17) is 4.74 Å². The van der Waals surface area contributed by atoms with Crippen molar-refractivity contribution in [1.82, 2.24) is 4.98 Å². The molecule has 0 saturated heterocycles. The van der Waals surface area contributed by atoms with Crippen LogP contribution in [0.15, 0.2) is 145 Å². The van der Waals surface area contributed by atoms with E-state index in [1.54, 1.807) is 6.26 Å². The van der Waals surface area contributed by atoms with Crippen molar-refractivity contribution in [1.29, 1.82) is 0 Å². The highest BCUT2D eigenvalue weighted by molar-refractivity contribution is 6.08. The maximum atomic E-state index is 6.04. The van der Waals surface area contributed by atoms with Gasteiger partial charge in [0.25, 0.3) is 0 Å². The third-order valence-corrected chi connectivity index (χ3v) is 7.53. The highest BCUT2D eigenvalue weighted by Crippen LogP contribution is 2.38. The second kappa shape index (κ2) is 9.70. The van der Waals surface area contributed by atoms with E-state index in [-0.39, 0.29) is 0 Å². The minimum Gasteiger partial charge on any atom is -0.464 e. The number of ether oxygens (including phenoxy) is 1. The average Bonchev–Trinajstić information content (AvgIpc) is 3.35. The van der Waals surface area contributed by atoms with Crippen LogP contribution in [-0.2, 0) is 4.74 Å². The van der Waals surface area contributed by atoms with Gasteiger partial charge >= 0.3 is 0 Å². The van der Waals surface area contributed by atoms with Gasteiger partial charge in [-0.1, -0.05) is 73.3 Å². The van der Waals surface area contributed by atoms with Gasteiger partial charge < -0.3 is 15.0 Å². The summed E-state index contributed by atoms with van der Waals surface area (Å²) in [6.45, 7) is 4.24. The Balaban J connectivity index is 1.10. The first-order valence-electron chi connectivity index (χ1n) is 13.3. The molecule has 3 nitrogen and oxygen atoms in total. The molecule has 1 aliphatic carbocycles. The summed E-state index contributed by atoms with van der Waals surface area (Å²) in [5.41, 5.74) is 11.3. The number of rotatable bonds is 4. The number of anilines is 2. The Morgan fingerprint density at radius 2 is 1.44 bits per heavy atom. The topological polar surface area (TPSA) is 37.0 Å². The number of para-hydroxylation sites is 1. The Kier molecular flexibility index (Phi) is 5.75. The molecule has 0 bridgehead atoms. The summed E-state index contributed by atoms with van der Waals surface area (Å²) < 4.78 is 6.04. The summed E-state index contributed by atoms with van der Waals surface area (Å²) in [6, 6.07) is 32.3. The molecular weight excluding hydrogens is 476 g/mol. The third-order valence-electron chi connectivity index (χ3n) is 7.53. The Hall–Kier alpha value is -5.02. The predicted octanol–water partition coefficient (Wildman–Crippen LogP) is 9.82. The van der Waals surface area contributed by atoms with Gasteiger partial charge in [-0.3, -0.25) is 0 Å². The molecular formula is C36H28N2O. The van der Waals surface area contributed by atoms with Gasteiger partial charge in [-0.2, -0.15) is 0 Å². The van der Waals surface area contributed by atoms with Gasteiger partial charge in [0.1, 0.15) is 5.76 Å². The number of allylic oxidation sites excluding steroid dienone is 7. The zero-order chi connectivity index (χ0) is 26.2. The first kappa shape index (κ1) is 23.1. The van der Waals surface area contributed by atoms with Crippen LogP contribution >= 0.6 is 0 Å². The summed E-state index contributed by atoms with van der Waals surface area (Å²) in [7, 11) is 0. The van der Waals surface area contributed by atoms with Crippen molar-refractivity contribution < 1.29 is 4.74 Å². The first-order chi connectivity index (χ1) is 19.2. The molecule has 188 valence electrons. The summed E-state index contributed by atoms with van der Waals surface area (Å²) in [5.74, 6) is 0.911. The van der Waals surface area contributed by atoms with Crippen molar-refractivity contribution in [2.75, 3.05) is 5.32 Å². The van der Waals surface area contributed by atoms with Gasteiger partial charge in [-0.15, -0.1) is 0 Å². The minimum atomic E-state index is 0.911. The van der Waals surface area contributed by atoms with Gasteiger partial charge in [0.05, 0.1) is 6.26 Å². The molecule has 0 saturated carbocycles. The highest BCUT2D eigenvalue weighted by Gasteiger charge is 2.20. The van der Waals surface area contributed by atoms with Gasteiger partial charge in [0.15, 0.2) is 0 Å². The molecule has 2 aliphatic rings. The van der Waals surface area contributed by atoms with E-state index in [0.717, 1.165) is 52.2 Å². The van der Waals surface area contributed by atoms with Crippen LogP contribution in [0.2, 0.25) is 0 Å². The van der Waals surface area contributed by atoms with Crippen LogP contribution in [0.25, 0.3) is 38.5 Å². The molecule has 1 aliphatic heterocycles. The molecule has 0 fully saturated rings. The lowest BCUT2D eigenvalue weighted by Crippen LogP contribution is -2.05. The molecule has 0 amide bonds. The van der Waals surface area contributed by atoms with Crippen LogP contribution in [0, 0.1) is 0 Å². The molecule has 5 aromatic rings. The van der Waals surface area contributed by atoms with Crippen LogP contribution in [0.5, 0.6) is 0 Å². The largest absolute Gasteiger partial charge is 0.464 e. The summed E-state index contributed by atoms with van der Waals surface area (Å²) in [6.07, 6.45) is 11.9. The summed E-state index contributed by atoms with van der Waals surface area (Å²) in [4.78, 5) is 3.51. The lowest BCUT2D eigenvalue weighted by atomic mass is 9.88. The maximum absolute atomic E-state index is 6.04. The van der Waals surface area contributed by atoms with E-state index in [9.17, 15) is 0 Å². The summed E-state index contributed by atoms with van der Waals surface area (Å²) >= 11 is 0. The predicted molar refractivity (Wildman–Crippen MR) is 164 cm³/mol. The molecule has 0 atom stereocenters. The van der Waals surface area contributed by atoms with Crippen LogP contribution in [-0.4, -0.2) is 4.98 Å². The standard InChI is InChI=1S/C36H28N2O/c1-24-7-4-5-22-39-36-30(24)9-6-10-31(36)26-14-19-29(20-15-26)37-28-17-12-25(13-18-28)27-16-21-35-33(23-27)32-8-2-3-11-34(32)38-35/h2-5,7-8,10-23,37-38H,1,6,9H2/b7-4-,22-5-. The number of aromatic amines is 1. The zero-order valence-electron chi connectivity index (χ0n) is 21.6. The van der Waals surface area contributed by atoms with E-state index < -0.39 is 0 Å². The van der Waals surface area contributed by atoms with Crippen molar-refractivity contribution in [3.05, 3.63) is 151 Å². The van der Waals surface area contributed by atoms with E-state index in [1.807, 2.05) is 12.2 Å². The minimum absolute atomic E-state index is 0.911. The van der Waals surface area contributed by atoms with E-state index in [1.165, 1.54) is 33.0 Å². The molecule has 2 heterocycles. The second-order valence-electron chi connectivity index (χ2n) is 10.0. The number of aromatic nitrogens is 1. The molecule has 4 aromatic carbocycles. The lowest BCUT2D eigenvalue weighted by molar-refractivity contribution is 0.364. The number of benzene rings is 4. The molecule has 1 aromatic heterocycles. The monoisotopic (exact) mass is 504 g/mol. The quantitative estimate of drug-likeness (QED) is 0.256. The highest BCUT2D eigenvalue weighted by atomic mass is 16.5. The molecule has 2 N–H and O–H groups in total.